The third-order valence-electron chi connectivity index (χ3n) is 2.54. The molecular formula is C11H12F3N3S2. The largest absolute Gasteiger partial charge is 0.443 e. The van der Waals surface area contributed by atoms with Gasteiger partial charge in [-0.15, -0.1) is 22.7 Å². The van der Waals surface area contributed by atoms with Crippen LogP contribution >= 0.6 is 22.7 Å². The van der Waals surface area contributed by atoms with E-state index in [1.807, 2.05) is 12.3 Å². The summed E-state index contributed by atoms with van der Waals surface area (Å²) in [6.07, 6.45) is -2.54. The smallest absolute Gasteiger partial charge is 0.312 e. The van der Waals surface area contributed by atoms with Gasteiger partial charge < -0.3 is 5.32 Å². The lowest BCUT2D eigenvalue weighted by molar-refractivity contribution is -0.137. The molecule has 8 heteroatoms. The zero-order chi connectivity index (χ0) is 14.0. The number of alkyl halides is 3. The Labute approximate surface area is 116 Å². The number of hydrogen-bond acceptors (Lipinski definition) is 5. The Hall–Kier alpha value is -0.990. The van der Waals surface area contributed by atoms with Crippen LogP contribution in [0, 0.1) is 6.92 Å². The van der Waals surface area contributed by atoms with E-state index in [1.54, 1.807) is 7.05 Å². The lowest BCUT2D eigenvalue weighted by Gasteiger charge is -2.12. The van der Waals surface area contributed by atoms with Crippen molar-refractivity contribution >= 4 is 22.7 Å². The zero-order valence-corrected chi connectivity index (χ0v) is 11.9. The number of rotatable bonds is 4. The average molecular weight is 307 g/mol. The molecule has 1 unspecified atom stereocenters. The first-order valence-corrected chi connectivity index (χ1v) is 7.21. The molecule has 0 saturated carbocycles. The second-order valence-corrected chi connectivity index (χ2v) is 6.09. The fourth-order valence-corrected chi connectivity index (χ4v) is 3.15. The van der Waals surface area contributed by atoms with Gasteiger partial charge in [-0.2, -0.15) is 13.2 Å². The Morgan fingerprint density at radius 1 is 1.42 bits per heavy atom. The molecule has 0 bridgehead atoms. The van der Waals surface area contributed by atoms with Crippen molar-refractivity contribution in [3.63, 3.8) is 0 Å². The Morgan fingerprint density at radius 3 is 2.63 bits per heavy atom. The quantitative estimate of drug-likeness (QED) is 0.940. The number of aromatic nitrogens is 2. The van der Waals surface area contributed by atoms with Crippen molar-refractivity contribution in [2.24, 2.45) is 0 Å². The SMILES string of the molecule is CNC(Cc1csc(C)n1)c1cnc(C(F)(F)F)s1. The number of nitrogens with one attached hydrogen (secondary N) is 1. The highest BCUT2D eigenvalue weighted by Gasteiger charge is 2.35. The fourth-order valence-electron chi connectivity index (χ4n) is 1.63. The van der Waals surface area contributed by atoms with Crippen LogP contribution in [0.4, 0.5) is 13.2 Å². The van der Waals surface area contributed by atoms with E-state index in [1.165, 1.54) is 17.5 Å². The van der Waals surface area contributed by atoms with E-state index in [-0.39, 0.29) is 6.04 Å². The highest BCUT2D eigenvalue weighted by Crippen LogP contribution is 2.35. The lowest BCUT2D eigenvalue weighted by Crippen LogP contribution is -2.17. The first-order valence-electron chi connectivity index (χ1n) is 5.51. The van der Waals surface area contributed by atoms with Gasteiger partial charge in [0, 0.05) is 28.9 Å². The predicted molar refractivity (Wildman–Crippen MR) is 69.5 cm³/mol. The third-order valence-corrected chi connectivity index (χ3v) is 4.52. The second kappa shape index (κ2) is 5.56. The Balaban J connectivity index is 2.15. The van der Waals surface area contributed by atoms with Gasteiger partial charge in [0.25, 0.3) is 0 Å². The molecule has 0 spiro atoms. The summed E-state index contributed by atoms with van der Waals surface area (Å²) >= 11 is 2.21. The van der Waals surface area contributed by atoms with Crippen LogP contribution < -0.4 is 5.32 Å². The average Bonchev–Trinajstić information content (AvgIpc) is 2.94. The minimum absolute atomic E-state index is 0.199. The van der Waals surface area contributed by atoms with E-state index in [0.29, 0.717) is 22.6 Å². The van der Waals surface area contributed by atoms with Crippen LogP contribution in [0.3, 0.4) is 0 Å². The topological polar surface area (TPSA) is 37.8 Å². The Bertz CT molecular complexity index is 547. The molecule has 0 radical (unpaired) electrons. The summed E-state index contributed by atoms with van der Waals surface area (Å²) in [6, 6.07) is -0.199. The molecule has 0 aromatic carbocycles. The van der Waals surface area contributed by atoms with Crippen molar-refractivity contribution in [1.29, 1.82) is 0 Å². The number of hydrogen-bond donors (Lipinski definition) is 1. The summed E-state index contributed by atoms with van der Waals surface area (Å²) < 4.78 is 37.5. The molecule has 3 nitrogen and oxygen atoms in total. The van der Waals surface area contributed by atoms with Crippen LogP contribution in [0.5, 0.6) is 0 Å². The molecule has 1 atom stereocenters. The summed E-state index contributed by atoms with van der Waals surface area (Å²) in [5.74, 6) is 0. The zero-order valence-electron chi connectivity index (χ0n) is 10.3. The molecule has 0 amide bonds. The number of nitrogens with zero attached hydrogens (tertiary/aromatic N) is 2. The van der Waals surface area contributed by atoms with Gasteiger partial charge in [-0.1, -0.05) is 0 Å². The summed E-state index contributed by atoms with van der Waals surface area (Å²) in [7, 11) is 1.72. The van der Waals surface area contributed by atoms with E-state index in [2.05, 4.69) is 15.3 Å². The summed E-state index contributed by atoms with van der Waals surface area (Å²) in [4.78, 5) is 8.33. The van der Waals surface area contributed by atoms with Crippen LogP contribution in [-0.2, 0) is 12.6 Å². The molecule has 2 rings (SSSR count). The lowest BCUT2D eigenvalue weighted by atomic mass is 10.1. The van der Waals surface area contributed by atoms with Gasteiger partial charge in [-0.05, 0) is 14.0 Å². The van der Waals surface area contributed by atoms with Crippen molar-refractivity contribution in [1.82, 2.24) is 15.3 Å². The molecule has 2 heterocycles. The standard InChI is InChI=1S/C11H12F3N3S2/c1-6-17-7(5-18-6)3-8(15-2)9-4-16-10(19-9)11(12,13)14/h4-5,8,15H,3H2,1-2H3. The monoisotopic (exact) mass is 307 g/mol. The fraction of sp³-hybridized carbons (Fsp3) is 0.455. The third kappa shape index (κ3) is 3.52. The molecule has 19 heavy (non-hydrogen) atoms. The molecule has 1 N–H and O–H groups in total. The molecule has 0 aliphatic rings. The van der Waals surface area contributed by atoms with Crippen molar-refractivity contribution in [2.45, 2.75) is 25.6 Å². The summed E-state index contributed by atoms with van der Waals surface area (Å²) in [5.41, 5.74) is 0.879. The Kier molecular flexibility index (Phi) is 4.22. The van der Waals surface area contributed by atoms with Crippen LogP contribution in [0.2, 0.25) is 0 Å². The Morgan fingerprint density at radius 2 is 2.16 bits per heavy atom. The molecular weight excluding hydrogens is 295 g/mol. The second-order valence-electron chi connectivity index (χ2n) is 3.97. The van der Waals surface area contributed by atoms with Crippen LogP contribution in [0.1, 0.15) is 26.6 Å². The van der Waals surface area contributed by atoms with Gasteiger partial charge in [0.2, 0.25) is 0 Å². The van der Waals surface area contributed by atoms with Gasteiger partial charge in [-0.25, -0.2) is 9.97 Å². The van der Waals surface area contributed by atoms with E-state index < -0.39 is 11.2 Å². The van der Waals surface area contributed by atoms with Gasteiger partial charge >= 0.3 is 6.18 Å². The molecule has 2 aromatic heterocycles. The number of halogens is 3. The van der Waals surface area contributed by atoms with E-state index in [0.717, 1.165) is 10.7 Å². The van der Waals surface area contributed by atoms with Crippen LogP contribution in [0.15, 0.2) is 11.6 Å². The molecule has 2 aromatic rings. The minimum Gasteiger partial charge on any atom is -0.312 e. The first-order chi connectivity index (χ1) is 8.90. The predicted octanol–water partition coefficient (Wildman–Crippen LogP) is 3.43. The maximum atomic E-state index is 12.5. The van der Waals surface area contributed by atoms with Crippen molar-refractivity contribution in [3.8, 4) is 0 Å². The van der Waals surface area contributed by atoms with Gasteiger partial charge in [0.1, 0.15) is 0 Å². The van der Waals surface area contributed by atoms with E-state index in [4.69, 9.17) is 0 Å². The number of likely N-dealkylation sites (N-methyl/N-ethyl adjacent to an activating group) is 1. The van der Waals surface area contributed by atoms with Gasteiger partial charge in [0.05, 0.1) is 10.7 Å². The van der Waals surface area contributed by atoms with Crippen molar-refractivity contribution in [2.75, 3.05) is 7.05 Å². The molecule has 104 valence electrons. The highest BCUT2D eigenvalue weighted by atomic mass is 32.1. The number of aryl methyl sites for hydroxylation is 1. The van der Waals surface area contributed by atoms with E-state index in [9.17, 15) is 13.2 Å². The molecule has 0 fully saturated rings. The van der Waals surface area contributed by atoms with Crippen LogP contribution in [-0.4, -0.2) is 17.0 Å². The highest BCUT2D eigenvalue weighted by molar-refractivity contribution is 7.11. The minimum atomic E-state index is -4.38. The van der Waals surface area contributed by atoms with Crippen molar-refractivity contribution in [3.05, 3.63) is 32.2 Å². The van der Waals surface area contributed by atoms with Gasteiger partial charge in [0.15, 0.2) is 5.01 Å². The maximum absolute atomic E-state index is 12.5. The van der Waals surface area contributed by atoms with E-state index >= 15 is 0 Å². The van der Waals surface area contributed by atoms with Crippen LogP contribution in [0.25, 0.3) is 0 Å². The summed E-state index contributed by atoms with van der Waals surface area (Å²) in [6.45, 7) is 1.90. The molecule has 0 aliphatic carbocycles. The molecule has 0 aliphatic heterocycles. The molecule has 0 saturated heterocycles. The van der Waals surface area contributed by atoms with Gasteiger partial charge in [-0.3, -0.25) is 0 Å². The normalized spacial score (nSPS) is 13.7. The maximum Gasteiger partial charge on any atom is 0.443 e. The van der Waals surface area contributed by atoms with Crippen molar-refractivity contribution < 1.29 is 13.2 Å². The number of thiazole rings is 2. The first kappa shape index (κ1) is 14.4. The summed E-state index contributed by atoms with van der Waals surface area (Å²) in [5, 5.41) is 5.07.